The van der Waals surface area contributed by atoms with E-state index in [1.165, 1.54) is 44.6 Å². The number of nitrogens with zero attached hydrogens (tertiary/aromatic N) is 4. The first-order chi connectivity index (χ1) is 13.7. The first-order valence-corrected chi connectivity index (χ1v) is 10.8. The largest absolute Gasteiger partial charge is 0.495 e. The number of methoxy groups -OCH3 is 1. The minimum atomic E-state index is 0. The van der Waals surface area contributed by atoms with Gasteiger partial charge in [-0.15, -0.1) is 24.0 Å². The van der Waals surface area contributed by atoms with Gasteiger partial charge in [-0.2, -0.15) is 0 Å². The molecular weight excluding hydrogens is 477 g/mol. The normalized spacial score (nSPS) is 19.1. The standard InChI is InChI=1S/C22H37N5O.HI/c1-4-25-13-10-19(11-14-25)9-12-24-22(23-2)27-17-15-26(16-18-27)20-7-5-6-8-21(20)28-3;/h5-8,19H,4,9-18H2,1-3H3,(H,23,24);1H. The van der Waals surface area contributed by atoms with Crippen LogP contribution >= 0.6 is 24.0 Å². The number of piperazine rings is 1. The smallest absolute Gasteiger partial charge is 0.193 e. The Bertz CT molecular complexity index is 625. The van der Waals surface area contributed by atoms with Gasteiger partial charge < -0.3 is 24.8 Å². The van der Waals surface area contributed by atoms with E-state index in [2.05, 4.69) is 44.1 Å². The molecule has 7 heteroatoms. The lowest BCUT2D eigenvalue weighted by Crippen LogP contribution is -2.52. The van der Waals surface area contributed by atoms with Gasteiger partial charge in [-0.25, -0.2) is 0 Å². The van der Waals surface area contributed by atoms with E-state index >= 15 is 0 Å². The fourth-order valence-corrected chi connectivity index (χ4v) is 4.36. The molecule has 6 nitrogen and oxygen atoms in total. The van der Waals surface area contributed by atoms with Crippen LogP contribution in [0.5, 0.6) is 5.75 Å². The zero-order valence-electron chi connectivity index (χ0n) is 18.3. The van der Waals surface area contributed by atoms with Crippen LogP contribution in [0.3, 0.4) is 0 Å². The van der Waals surface area contributed by atoms with Crippen molar-refractivity contribution >= 4 is 35.6 Å². The second kappa shape index (κ2) is 12.5. The number of halogens is 1. The van der Waals surface area contributed by atoms with Crippen molar-refractivity contribution in [2.45, 2.75) is 26.2 Å². The molecule has 0 bridgehead atoms. The summed E-state index contributed by atoms with van der Waals surface area (Å²) in [6.07, 6.45) is 3.93. The predicted octanol–water partition coefficient (Wildman–Crippen LogP) is 3.13. The molecule has 2 saturated heterocycles. The zero-order valence-corrected chi connectivity index (χ0v) is 20.6. The molecule has 3 rings (SSSR count). The molecule has 29 heavy (non-hydrogen) atoms. The number of guanidine groups is 1. The SMILES string of the molecule is CCN1CCC(CCNC(=NC)N2CCN(c3ccccc3OC)CC2)CC1.I. The number of hydrogen-bond acceptors (Lipinski definition) is 4. The summed E-state index contributed by atoms with van der Waals surface area (Å²) in [6.45, 7) is 10.9. The van der Waals surface area contributed by atoms with Crippen LogP contribution in [-0.2, 0) is 0 Å². The van der Waals surface area contributed by atoms with Crippen LogP contribution in [0.4, 0.5) is 5.69 Å². The number of anilines is 1. The van der Waals surface area contributed by atoms with Crippen molar-refractivity contribution in [2.75, 3.05) is 71.4 Å². The molecule has 0 amide bonds. The number of hydrogen-bond donors (Lipinski definition) is 1. The van der Waals surface area contributed by atoms with Crippen molar-refractivity contribution in [3.05, 3.63) is 24.3 Å². The molecule has 0 saturated carbocycles. The van der Waals surface area contributed by atoms with Crippen LogP contribution in [-0.4, -0.2) is 82.3 Å². The Morgan fingerprint density at radius 1 is 1.10 bits per heavy atom. The Morgan fingerprint density at radius 3 is 2.41 bits per heavy atom. The molecule has 0 unspecified atom stereocenters. The number of nitrogens with one attached hydrogen (secondary N) is 1. The average Bonchev–Trinajstić information content (AvgIpc) is 2.77. The summed E-state index contributed by atoms with van der Waals surface area (Å²) in [5, 5.41) is 3.61. The van der Waals surface area contributed by atoms with Crippen LogP contribution in [0.1, 0.15) is 26.2 Å². The summed E-state index contributed by atoms with van der Waals surface area (Å²) in [5.41, 5.74) is 1.19. The summed E-state index contributed by atoms with van der Waals surface area (Å²) in [4.78, 5) is 11.9. The quantitative estimate of drug-likeness (QED) is 0.359. The Kier molecular flexibility index (Phi) is 10.3. The van der Waals surface area contributed by atoms with E-state index in [0.29, 0.717) is 0 Å². The molecule has 1 N–H and O–H groups in total. The Morgan fingerprint density at radius 2 is 1.79 bits per heavy atom. The van der Waals surface area contributed by atoms with Gasteiger partial charge in [0, 0.05) is 39.8 Å². The highest BCUT2D eigenvalue weighted by molar-refractivity contribution is 14.0. The topological polar surface area (TPSA) is 43.3 Å². The maximum absolute atomic E-state index is 5.52. The van der Waals surface area contributed by atoms with Crippen LogP contribution in [0.2, 0.25) is 0 Å². The number of aliphatic imine (C=N–C) groups is 1. The van der Waals surface area contributed by atoms with E-state index in [0.717, 1.165) is 50.4 Å². The zero-order chi connectivity index (χ0) is 19.8. The van der Waals surface area contributed by atoms with Gasteiger partial charge in [0.1, 0.15) is 5.75 Å². The molecule has 164 valence electrons. The molecule has 0 aromatic heterocycles. The molecule has 2 aliphatic rings. The monoisotopic (exact) mass is 515 g/mol. The molecule has 1 aromatic rings. The number of piperidine rings is 1. The lowest BCUT2D eigenvalue weighted by molar-refractivity contribution is 0.187. The van der Waals surface area contributed by atoms with Crippen LogP contribution in [0, 0.1) is 5.92 Å². The van der Waals surface area contributed by atoms with Gasteiger partial charge >= 0.3 is 0 Å². The molecule has 0 aliphatic carbocycles. The Balaban J connectivity index is 0.00000300. The van der Waals surface area contributed by atoms with Gasteiger partial charge in [0.2, 0.25) is 0 Å². The van der Waals surface area contributed by atoms with E-state index < -0.39 is 0 Å². The maximum atomic E-state index is 5.52. The van der Waals surface area contributed by atoms with E-state index in [-0.39, 0.29) is 24.0 Å². The van der Waals surface area contributed by atoms with Crippen molar-refractivity contribution in [3.8, 4) is 5.75 Å². The highest BCUT2D eigenvalue weighted by Crippen LogP contribution is 2.28. The van der Waals surface area contributed by atoms with E-state index in [4.69, 9.17) is 4.74 Å². The van der Waals surface area contributed by atoms with Crippen LogP contribution < -0.4 is 15.0 Å². The second-order valence-electron chi connectivity index (χ2n) is 7.79. The minimum Gasteiger partial charge on any atom is -0.495 e. The molecule has 0 spiro atoms. The van der Waals surface area contributed by atoms with Crippen LogP contribution in [0.25, 0.3) is 0 Å². The van der Waals surface area contributed by atoms with Gasteiger partial charge in [-0.3, -0.25) is 4.99 Å². The fourth-order valence-electron chi connectivity index (χ4n) is 4.36. The van der Waals surface area contributed by atoms with Gasteiger partial charge in [0.25, 0.3) is 0 Å². The summed E-state index contributed by atoms with van der Waals surface area (Å²) in [7, 11) is 3.64. The first kappa shape index (κ1) is 24.1. The van der Waals surface area contributed by atoms with E-state index in [1.807, 2.05) is 19.2 Å². The Labute approximate surface area is 193 Å². The number of para-hydroxylation sites is 2. The second-order valence-corrected chi connectivity index (χ2v) is 7.79. The number of likely N-dealkylation sites (tertiary alicyclic amines) is 1. The average molecular weight is 515 g/mol. The number of rotatable bonds is 6. The van der Waals surface area contributed by atoms with Crippen molar-refractivity contribution in [3.63, 3.8) is 0 Å². The highest BCUT2D eigenvalue weighted by atomic mass is 127. The highest BCUT2D eigenvalue weighted by Gasteiger charge is 2.22. The lowest BCUT2D eigenvalue weighted by Gasteiger charge is -2.38. The lowest BCUT2D eigenvalue weighted by atomic mass is 9.93. The van der Waals surface area contributed by atoms with Crippen LogP contribution in [0.15, 0.2) is 29.3 Å². The molecular formula is C22H38IN5O. The fraction of sp³-hybridized carbons (Fsp3) is 0.682. The van der Waals surface area contributed by atoms with Crippen molar-refractivity contribution in [1.82, 2.24) is 15.1 Å². The predicted molar refractivity (Wildman–Crippen MR) is 133 cm³/mol. The van der Waals surface area contributed by atoms with Gasteiger partial charge in [0.15, 0.2) is 5.96 Å². The van der Waals surface area contributed by atoms with Crippen molar-refractivity contribution < 1.29 is 4.74 Å². The van der Waals surface area contributed by atoms with Crippen molar-refractivity contribution in [2.24, 2.45) is 10.9 Å². The third-order valence-corrected chi connectivity index (χ3v) is 6.21. The molecule has 2 heterocycles. The van der Waals surface area contributed by atoms with Crippen molar-refractivity contribution in [1.29, 1.82) is 0 Å². The molecule has 2 aliphatic heterocycles. The number of benzene rings is 1. The summed E-state index contributed by atoms with van der Waals surface area (Å²) >= 11 is 0. The molecule has 0 atom stereocenters. The Hall–Kier alpha value is -1.22. The van der Waals surface area contributed by atoms with Gasteiger partial charge in [-0.05, 0) is 56.9 Å². The number of ether oxygens (including phenoxy) is 1. The molecule has 2 fully saturated rings. The first-order valence-electron chi connectivity index (χ1n) is 10.8. The van der Waals surface area contributed by atoms with E-state index in [9.17, 15) is 0 Å². The molecule has 0 radical (unpaired) electrons. The van der Waals surface area contributed by atoms with Gasteiger partial charge in [-0.1, -0.05) is 19.1 Å². The molecule has 1 aromatic carbocycles. The minimum absolute atomic E-state index is 0. The third kappa shape index (κ3) is 6.64. The third-order valence-electron chi connectivity index (χ3n) is 6.21. The summed E-state index contributed by atoms with van der Waals surface area (Å²) in [6, 6.07) is 8.28. The summed E-state index contributed by atoms with van der Waals surface area (Å²) < 4.78 is 5.52. The van der Waals surface area contributed by atoms with E-state index in [1.54, 1.807) is 7.11 Å². The summed E-state index contributed by atoms with van der Waals surface area (Å²) in [5.74, 6) is 2.86. The maximum Gasteiger partial charge on any atom is 0.193 e. The van der Waals surface area contributed by atoms with Gasteiger partial charge in [0.05, 0.1) is 12.8 Å².